The Morgan fingerprint density at radius 2 is 1.57 bits per heavy atom. The van der Waals surface area contributed by atoms with Gasteiger partial charge in [-0.25, -0.2) is 0 Å². The molecule has 0 bridgehead atoms. The molecule has 4 rings (SSSR count). The molecule has 0 unspecified atom stereocenters. The number of nitrogens with one attached hydrogen (secondary N) is 1. The Morgan fingerprint density at radius 1 is 0.875 bits per heavy atom. The normalized spacial score (nSPS) is 10.9. The molecule has 0 aliphatic carbocycles. The Morgan fingerprint density at radius 3 is 2.33 bits per heavy atom. The smallest absolute Gasteiger partial charge is 0.266 e. The van der Waals surface area contributed by atoms with Gasteiger partial charge in [-0.2, -0.15) is 5.26 Å². The summed E-state index contributed by atoms with van der Waals surface area (Å²) in [5.74, 6) is 1.20. The minimum Gasteiger partial charge on any atom is -0.490 e. The molecule has 0 saturated carbocycles. The van der Waals surface area contributed by atoms with E-state index in [0.29, 0.717) is 46.7 Å². The highest BCUT2D eigenvalue weighted by Gasteiger charge is 2.14. The van der Waals surface area contributed by atoms with Crippen LogP contribution in [0.3, 0.4) is 0 Å². The van der Waals surface area contributed by atoms with Crippen LogP contribution in [0.2, 0.25) is 5.02 Å². The molecule has 4 aromatic carbocycles. The van der Waals surface area contributed by atoms with Crippen molar-refractivity contribution in [2.45, 2.75) is 20.1 Å². The number of para-hydroxylation sites is 1. The molecule has 0 atom stereocenters. The molecule has 0 saturated heterocycles. The number of amides is 1. The molecule has 0 radical (unpaired) electrons. The van der Waals surface area contributed by atoms with E-state index in [1.54, 1.807) is 36.4 Å². The summed E-state index contributed by atoms with van der Waals surface area (Å²) in [4.78, 5) is 12.8. The molecular formula is C32H26BrClN2O4. The number of rotatable bonds is 11. The first-order valence-corrected chi connectivity index (χ1v) is 13.7. The molecule has 1 N–H and O–H groups in total. The average molecular weight is 618 g/mol. The summed E-state index contributed by atoms with van der Waals surface area (Å²) in [6.45, 7) is 3.06. The zero-order valence-corrected chi connectivity index (χ0v) is 24.0. The molecule has 0 fully saturated rings. The van der Waals surface area contributed by atoms with Gasteiger partial charge >= 0.3 is 0 Å². The van der Waals surface area contributed by atoms with Crippen LogP contribution in [0.1, 0.15) is 23.6 Å². The lowest BCUT2D eigenvalue weighted by Gasteiger charge is -2.15. The third-order valence-corrected chi connectivity index (χ3v) is 6.52. The first kappa shape index (κ1) is 28.8. The van der Waals surface area contributed by atoms with Crippen molar-refractivity contribution in [2.24, 2.45) is 0 Å². The van der Waals surface area contributed by atoms with Gasteiger partial charge in [0.1, 0.15) is 30.6 Å². The SMILES string of the molecule is CCOc1cc(COc2ccc(Br)cc2/C=C(\C#N)C(=O)Nc2ccccc2Cl)ccc1OCc1ccccc1. The summed E-state index contributed by atoms with van der Waals surface area (Å²) >= 11 is 9.60. The molecule has 0 aliphatic rings. The van der Waals surface area contributed by atoms with Gasteiger partial charge in [-0.05, 0) is 66.6 Å². The van der Waals surface area contributed by atoms with Crippen LogP contribution in [-0.2, 0) is 18.0 Å². The van der Waals surface area contributed by atoms with Gasteiger partial charge in [0.2, 0.25) is 0 Å². The van der Waals surface area contributed by atoms with E-state index in [2.05, 4.69) is 21.2 Å². The van der Waals surface area contributed by atoms with Crippen molar-refractivity contribution < 1.29 is 19.0 Å². The van der Waals surface area contributed by atoms with Crippen LogP contribution < -0.4 is 19.5 Å². The van der Waals surface area contributed by atoms with E-state index in [9.17, 15) is 10.1 Å². The molecule has 40 heavy (non-hydrogen) atoms. The Bertz CT molecular complexity index is 1550. The summed E-state index contributed by atoms with van der Waals surface area (Å²) in [6, 6.07) is 29.8. The van der Waals surface area contributed by atoms with Crippen molar-refractivity contribution in [3.63, 3.8) is 0 Å². The topological polar surface area (TPSA) is 80.6 Å². The number of carbonyl (C=O) groups is 1. The molecule has 0 heterocycles. The number of hydrogen-bond donors (Lipinski definition) is 1. The Labute approximate surface area is 246 Å². The van der Waals surface area contributed by atoms with Crippen molar-refractivity contribution in [1.82, 2.24) is 0 Å². The Balaban J connectivity index is 1.50. The molecule has 202 valence electrons. The van der Waals surface area contributed by atoms with Crippen molar-refractivity contribution in [3.8, 4) is 23.3 Å². The maximum absolute atomic E-state index is 12.8. The maximum Gasteiger partial charge on any atom is 0.266 e. The third-order valence-electron chi connectivity index (χ3n) is 5.70. The van der Waals surface area contributed by atoms with Crippen LogP contribution in [0, 0.1) is 11.3 Å². The maximum atomic E-state index is 12.8. The second-order valence-electron chi connectivity index (χ2n) is 8.56. The summed E-state index contributed by atoms with van der Waals surface area (Å²) in [5, 5.41) is 12.8. The molecule has 4 aromatic rings. The third kappa shape index (κ3) is 7.89. The van der Waals surface area contributed by atoms with Crippen LogP contribution in [0.5, 0.6) is 17.2 Å². The van der Waals surface area contributed by atoms with E-state index < -0.39 is 5.91 Å². The predicted molar refractivity (Wildman–Crippen MR) is 161 cm³/mol. The first-order chi connectivity index (χ1) is 19.5. The van der Waals surface area contributed by atoms with E-state index in [1.807, 2.05) is 67.6 Å². The van der Waals surface area contributed by atoms with Gasteiger partial charge in [-0.1, -0.05) is 76.1 Å². The second-order valence-corrected chi connectivity index (χ2v) is 9.89. The second kappa shape index (κ2) is 14.2. The summed E-state index contributed by atoms with van der Waals surface area (Å²) in [5.41, 5.74) is 2.81. The van der Waals surface area contributed by atoms with E-state index in [1.165, 1.54) is 6.08 Å². The molecular weight excluding hydrogens is 592 g/mol. The quantitative estimate of drug-likeness (QED) is 0.136. The van der Waals surface area contributed by atoms with Crippen LogP contribution in [-0.4, -0.2) is 12.5 Å². The first-order valence-electron chi connectivity index (χ1n) is 12.5. The predicted octanol–water partition coefficient (Wildman–Crippen LogP) is 8.20. The zero-order valence-electron chi connectivity index (χ0n) is 21.7. The fourth-order valence-corrected chi connectivity index (χ4v) is 4.31. The minimum atomic E-state index is -0.575. The van der Waals surface area contributed by atoms with E-state index in [4.69, 9.17) is 25.8 Å². The van der Waals surface area contributed by atoms with Crippen molar-refractivity contribution >= 4 is 45.2 Å². The minimum absolute atomic E-state index is 0.0959. The number of halogens is 2. The lowest BCUT2D eigenvalue weighted by molar-refractivity contribution is -0.112. The zero-order chi connectivity index (χ0) is 28.3. The van der Waals surface area contributed by atoms with Crippen LogP contribution in [0.4, 0.5) is 5.69 Å². The van der Waals surface area contributed by atoms with Crippen molar-refractivity contribution in [2.75, 3.05) is 11.9 Å². The summed E-state index contributed by atoms with van der Waals surface area (Å²) in [7, 11) is 0. The summed E-state index contributed by atoms with van der Waals surface area (Å²) < 4.78 is 18.7. The summed E-state index contributed by atoms with van der Waals surface area (Å²) in [6.07, 6.45) is 1.48. The number of hydrogen-bond acceptors (Lipinski definition) is 5. The van der Waals surface area contributed by atoms with Gasteiger partial charge in [0, 0.05) is 10.0 Å². The van der Waals surface area contributed by atoms with Gasteiger partial charge in [0.15, 0.2) is 11.5 Å². The highest BCUT2D eigenvalue weighted by atomic mass is 79.9. The number of carbonyl (C=O) groups excluding carboxylic acids is 1. The largest absolute Gasteiger partial charge is 0.490 e. The highest BCUT2D eigenvalue weighted by Crippen LogP contribution is 2.31. The van der Waals surface area contributed by atoms with Crippen molar-refractivity contribution in [1.29, 1.82) is 5.26 Å². The molecule has 0 aromatic heterocycles. The number of nitriles is 1. The van der Waals surface area contributed by atoms with E-state index in [-0.39, 0.29) is 12.2 Å². The van der Waals surface area contributed by atoms with Gasteiger partial charge < -0.3 is 19.5 Å². The van der Waals surface area contributed by atoms with Crippen LogP contribution in [0.15, 0.2) is 101 Å². The van der Waals surface area contributed by atoms with Gasteiger partial charge in [0.05, 0.1) is 17.3 Å². The monoisotopic (exact) mass is 616 g/mol. The number of ether oxygens (including phenoxy) is 3. The fourth-order valence-electron chi connectivity index (χ4n) is 3.75. The number of benzene rings is 4. The lowest BCUT2D eigenvalue weighted by atomic mass is 10.1. The number of anilines is 1. The Kier molecular flexibility index (Phi) is 10.2. The molecule has 0 aliphatic heterocycles. The number of nitrogens with zero attached hydrogens (tertiary/aromatic N) is 1. The average Bonchev–Trinajstić information content (AvgIpc) is 2.96. The van der Waals surface area contributed by atoms with Crippen LogP contribution in [0.25, 0.3) is 6.08 Å². The van der Waals surface area contributed by atoms with Gasteiger partial charge in [-0.3, -0.25) is 4.79 Å². The molecule has 8 heteroatoms. The van der Waals surface area contributed by atoms with E-state index in [0.717, 1.165) is 15.6 Å². The van der Waals surface area contributed by atoms with Gasteiger partial charge in [-0.15, -0.1) is 0 Å². The van der Waals surface area contributed by atoms with Gasteiger partial charge in [0.25, 0.3) is 5.91 Å². The molecule has 1 amide bonds. The Hall–Kier alpha value is -4.25. The van der Waals surface area contributed by atoms with Crippen LogP contribution >= 0.6 is 27.5 Å². The fraction of sp³-hybridized carbons (Fsp3) is 0.125. The molecule has 6 nitrogen and oxygen atoms in total. The molecule has 0 spiro atoms. The standard InChI is InChI=1S/C32H26BrClN2O4/c1-2-38-31-16-23(12-14-30(31)40-20-22-8-4-3-5-9-22)21-39-29-15-13-26(33)18-24(29)17-25(19-35)32(37)36-28-11-7-6-10-27(28)34/h3-18H,2,20-21H2,1H3,(H,36,37)/b25-17+. The van der Waals surface area contributed by atoms with Crippen molar-refractivity contribution in [3.05, 3.63) is 123 Å². The lowest BCUT2D eigenvalue weighted by Crippen LogP contribution is -2.13. The highest BCUT2D eigenvalue weighted by molar-refractivity contribution is 9.10. The van der Waals surface area contributed by atoms with E-state index >= 15 is 0 Å².